The Balaban J connectivity index is 1.39. The van der Waals surface area contributed by atoms with Gasteiger partial charge in [-0.25, -0.2) is 0 Å². The Morgan fingerprint density at radius 2 is 2.04 bits per heavy atom. The Bertz CT molecular complexity index is 800. The predicted molar refractivity (Wildman–Crippen MR) is 103 cm³/mol. The Morgan fingerprint density at radius 1 is 1.23 bits per heavy atom. The van der Waals surface area contributed by atoms with Gasteiger partial charge in [0.15, 0.2) is 0 Å². The van der Waals surface area contributed by atoms with Gasteiger partial charge in [0.05, 0.1) is 13.2 Å². The van der Waals surface area contributed by atoms with Crippen LogP contribution in [0.5, 0.6) is 0 Å². The molecule has 0 radical (unpaired) electrons. The second-order valence-corrected chi connectivity index (χ2v) is 7.09. The minimum atomic E-state index is -0.214. The highest BCUT2D eigenvalue weighted by atomic mass is 16.5. The van der Waals surface area contributed by atoms with Crippen molar-refractivity contribution in [3.63, 3.8) is 0 Å². The number of fused-ring (bicyclic) bond motifs is 1. The molecule has 1 fully saturated rings. The Labute approximate surface area is 154 Å². The summed E-state index contributed by atoms with van der Waals surface area (Å²) in [6.07, 6.45) is 0.732. The van der Waals surface area contributed by atoms with E-state index in [1.54, 1.807) is 0 Å². The van der Waals surface area contributed by atoms with Crippen LogP contribution in [0.1, 0.15) is 16.7 Å². The van der Waals surface area contributed by atoms with E-state index in [1.165, 1.54) is 16.7 Å². The van der Waals surface area contributed by atoms with Gasteiger partial charge in [-0.05, 0) is 35.7 Å². The zero-order valence-electron chi connectivity index (χ0n) is 15.1. The van der Waals surface area contributed by atoms with Crippen LogP contribution in [0.2, 0.25) is 0 Å². The molecule has 2 aliphatic rings. The molecule has 5 heteroatoms. The zero-order chi connectivity index (χ0) is 17.9. The minimum Gasteiger partial charge on any atom is -0.379 e. The lowest BCUT2D eigenvalue weighted by molar-refractivity contribution is -0.116. The number of benzene rings is 2. The predicted octanol–water partition coefficient (Wildman–Crippen LogP) is 2.80. The van der Waals surface area contributed by atoms with Crippen LogP contribution < -0.4 is 10.6 Å². The number of nitrogens with zero attached hydrogens (tertiary/aromatic N) is 1. The summed E-state index contributed by atoms with van der Waals surface area (Å²) in [5.41, 5.74) is 5.57. The fraction of sp³-hybridized carbons (Fsp3) is 0.381. The van der Waals surface area contributed by atoms with Gasteiger partial charge in [-0.15, -0.1) is 0 Å². The molecule has 2 aromatic rings. The van der Waals surface area contributed by atoms with Crippen molar-refractivity contribution in [2.24, 2.45) is 0 Å². The first kappa shape index (κ1) is 17.1. The number of anilines is 2. The van der Waals surface area contributed by atoms with E-state index in [0.29, 0.717) is 0 Å². The van der Waals surface area contributed by atoms with Crippen LogP contribution in [0.25, 0.3) is 0 Å². The molecule has 1 atom stereocenters. The van der Waals surface area contributed by atoms with Crippen LogP contribution in [0.4, 0.5) is 11.4 Å². The number of morpholine rings is 1. The van der Waals surface area contributed by atoms with E-state index in [-0.39, 0.29) is 11.9 Å². The van der Waals surface area contributed by atoms with Gasteiger partial charge in [0, 0.05) is 37.4 Å². The number of para-hydroxylation sites is 1. The maximum Gasteiger partial charge on any atom is 0.247 e. The molecule has 0 spiro atoms. The normalized spacial score (nSPS) is 19.7. The first-order valence-electron chi connectivity index (χ1n) is 9.24. The highest BCUT2D eigenvalue weighted by Gasteiger charge is 2.27. The van der Waals surface area contributed by atoms with E-state index in [0.717, 1.165) is 50.6 Å². The fourth-order valence-electron chi connectivity index (χ4n) is 3.70. The van der Waals surface area contributed by atoms with Crippen LogP contribution in [0.15, 0.2) is 42.5 Å². The van der Waals surface area contributed by atoms with Crippen LogP contribution in [0, 0.1) is 6.92 Å². The molecule has 2 heterocycles. The number of hydrogen-bond acceptors (Lipinski definition) is 4. The molecule has 1 saturated heterocycles. The van der Waals surface area contributed by atoms with Crippen molar-refractivity contribution in [3.05, 3.63) is 59.2 Å². The number of rotatable bonds is 4. The Hall–Kier alpha value is -2.37. The molecule has 2 N–H and O–H groups in total. The lowest BCUT2D eigenvalue weighted by Gasteiger charge is -2.26. The second-order valence-electron chi connectivity index (χ2n) is 7.09. The van der Waals surface area contributed by atoms with Crippen molar-refractivity contribution in [3.8, 4) is 0 Å². The second kappa shape index (κ2) is 7.48. The average molecular weight is 351 g/mol. The highest BCUT2D eigenvalue weighted by Crippen LogP contribution is 2.29. The number of amides is 1. The van der Waals surface area contributed by atoms with Gasteiger partial charge >= 0.3 is 0 Å². The molecule has 1 amide bonds. The Kier molecular flexibility index (Phi) is 4.91. The van der Waals surface area contributed by atoms with Crippen molar-refractivity contribution >= 4 is 17.3 Å². The van der Waals surface area contributed by atoms with Gasteiger partial charge in [-0.1, -0.05) is 30.3 Å². The maximum absolute atomic E-state index is 12.7. The van der Waals surface area contributed by atoms with E-state index < -0.39 is 0 Å². The standard InChI is InChI=1S/C21H25N3O2/c1-15-4-2-6-17-13-19(23-20(15)17)21(25)22-18-7-3-5-16(12-18)14-24-8-10-26-11-9-24/h2-7,12,19,23H,8-11,13-14H2,1H3,(H,22,25). The fourth-order valence-corrected chi connectivity index (χ4v) is 3.70. The monoisotopic (exact) mass is 351 g/mol. The van der Waals surface area contributed by atoms with Crippen LogP contribution in [-0.4, -0.2) is 43.2 Å². The zero-order valence-corrected chi connectivity index (χ0v) is 15.1. The van der Waals surface area contributed by atoms with E-state index in [9.17, 15) is 4.79 Å². The van der Waals surface area contributed by atoms with Crippen LogP contribution in [-0.2, 0) is 22.5 Å². The molecular weight excluding hydrogens is 326 g/mol. The van der Waals surface area contributed by atoms with Gasteiger partial charge in [-0.3, -0.25) is 9.69 Å². The molecule has 136 valence electrons. The largest absolute Gasteiger partial charge is 0.379 e. The molecule has 1 unspecified atom stereocenters. The third-order valence-corrected chi connectivity index (χ3v) is 5.12. The number of carbonyl (C=O) groups excluding carboxylic acids is 1. The lowest BCUT2D eigenvalue weighted by atomic mass is 10.1. The summed E-state index contributed by atoms with van der Waals surface area (Å²) in [6, 6.07) is 14.1. The van der Waals surface area contributed by atoms with Crippen molar-refractivity contribution in [1.82, 2.24) is 4.90 Å². The smallest absolute Gasteiger partial charge is 0.247 e. The number of carbonyl (C=O) groups is 1. The quantitative estimate of drug-likeness (QED) is 0.889. The van der Waals surface area contributed by atoms with E-state index in [4.69, 9.17) is 4.74 Å². The molecule has 26 heavy (non-hydrogen) atoms. The molecule has 2 aromatic carbocycles. The van der Waals surface area contributed by atoms with Gasteiger partial charge in [0.25, 0.3) is 0 Å². The van der Waals surface area contributed by atoms with Crippen molar-refractivity contribution in [1.29, 1.82) is 0 Å². The van der Waals surface area contributed by atoms with Gasteiger partial charge in [0.2, 0.25) is 5.91 Å². The first-order valence-corrected chi connectivity index (χ1v) is 9.24. The number of hydrogen-bond donors (Lipinski definition) is 2. The molecule has 4 rings (SSSR count). The lowest BCUT2D eigenvalue weighted by Crippen LogP contribution is -2.35. The molecule has 0 aromatic heterocycles. The molecule has 0 bridgehead atoms. The summed E-state index contributed by atoms with van der Waals surface area (Å²) in [4.78, 5) is 15.1. The summed E-state index contributed by atoms with van der Waals surface area (Å²) in [6.45, 7) is 6.47. The molecule has 2 aliphatic heterocycles. The van der Waals surface area contributed by atoms with Gasteiger partial charge < -0.3 is 15.4 Å². The SMILES string of the molecule is Cc1cccc2c1NC(C(=O)Nc1cccc(CN3CCOCC3)c1)C2. The maximum atomic E-state index is 12.7. The summed E-state index contributed by atoms with van der Waals surface area (Å²) >= 11 is 0. The topological polar surface area (TPSA) is 53.6 Å². The third kappa shape index (κ3) is 3.74. The first-order chi connectivity index (χ1) is 12.7. The summed E-state index contributed by atoms with van der Waals surface area (Å²) in [7, 11) is 0. The molecule has 0 saturated carbocycles. The van der Waals surface area contributed by atoms with Crippen molar-refractivity contribution in [2.75, 3.05) is 36.9 Å². The molecule has 5 nitrogen and oxygen atoms in total. The summed E-state index contributed by atoms with van der Waals surface area (Å²) in [5, 5.41) is 6.44. The molecule has 0 aliphatic carbocycles. The van der Waals surface area contributed by atoms with E-state index >= 15 is 0 Å². The van der Waals surface area contributed by atoms with Crippen molar-refractivity contribution < 1.29 is 9.53 Å². The van der Waals surface area contributed by atoms with E-state index in [1.807, 2.05) is 18.2 Å². The third-order valence-electron chi connectivity index (χ3n) is 5.12. The van der Waals surface area contributed by atoms with E-state index in [2.05, 4.69) is 46.7 Å². The number of aryl methyl sites for hydroxylation is 1. The highest BCUT2D eigenvalue weighted by molar-refractivity contribution is 5.98. The summed E-state index contributed by atoms with van der Waals surface area (Å²) in [5.74, 6) is 0.0177. The Morgan fingerprint density at radius 3 is 2.85 bits per heavy atom. The molecular formula is C21H25N3O2. The minimum absolute atomic E-state index is 0.0177. The number of ether oxygens (including phenoxy) is 1. The van der Waals surface area contributed by atoms with Gasteiger partial charge in [0.1, 0.15) is 6.04 Å². The van der Waals surface area contributed by atoms with Crippen LogP contribution >= 0.6 is 0 Å². The summed E-state index contributed by atoms with van der Waals surface area (Å²) < 4.78 is 5.40. The van der Waals surface area contributed by atoms with Gasteiger partial charge in [-0.2, -0.15) is 0 Å². The number of nitrogens with one attached hydrogen (secondary N) is 2. The van der Waals surface area contributed by atoms with Crippen molar-refractivity contribution in [2.45, 2.75) is 25.9 Å². The van der Waals surface area contributed by atoms with Crippen LogP contribution in [0.3, 0.4) is 0 Å². The average Bonchev–Trinajstić information content (AvgIpc) is 3.09.